The Labute approximate surface area is 42.5 Å². The molecule has 0 aromatic heterocycles. The smallest absolute Gasteiger partial charge is 0.131 e. The van der Waals surface area contributed by atoms with E-state index in [1.165, 1.54) is 6.92 Å². The quantitative estimate of drug-likeness (QED) is 0.505. The first-order valence-corrected chi connectivity index (χ1v) is 2.26. The second-order valence-corrected chi connectivity index (χ2v) is 1.48. The summed E-state index contributed by atoms with van der Waals surface area (Å²) >= 11 is 0. The number of rotatable bonds is 2. The fraction of sp³-hybridized carbons (Fsp3) is 0.800. The first kappa shape index (κ1) is 6.86. The minimum atomic E-state index is -1.38. The lowest BCUT2D eigenvalue weighted by atomic mass is 10.2. The number of hydrogen-bond acceptors (Lipinski definition) is 0. The van der Waals surface area contributed by atoms with Gasteiger partial charge in [-0.2, -0.15) is 0 Å². The number of alkyl halides is 2. The van der Waals surface area contributed by atoms with Gasteiger partial charge in [-0.15, -0.1) is 0 Å². The molecule has 0 aliphatic rings. The third-order valence-electron chi connectivity index (χ3n) is 0.774. The lowest BCUT2D eigenvalue weighted by Crippen LogP contribution is -2.10. The molecule has 0 amide bonds. The van der Waals surface area contributed by atoms with Crippen LogP contribution in [0.25, 0.3) is 0 Å². The van der Waals surface area contributed by atoms with Gasteiger partial charge in [0.2, 0.25) is 0 Å². The topological polar surface area (TPSA) is 0 Å². The highest BCUT2D eigenvalue weighted by atomic mass is 19.2. The second kappa shape index (κ2) is 2.94. The molecule has 0 saturated carbocycles. The molecular weight excluding hydrogens is 98.1 g/mol. The summed E-state index contributed by atoms with van der Waals surface area (Å²) in [7, 11) is 0. The van der Waals surface area contributed by atoms with Crippen molar-refractivity contribution in [1.82, 2.24) is 0 Å². The van der Waals surface area contributed by atoms with Gasteiger partial charge in [-0.3, -0.25) is 0 Å². The van der Waals surface area contributed by atoms with E-state index < -0.39 is 12.3 Å². The Bertz CT molecular complexity index is 43.3. The van der Waals surface area contributed by atoms with Crippen molar-refractivity contribution in [3.05, 3.63) is 6.92 Å². The van der Waals surface area contributed by atoms with Gasteiger partial charge in [-0.1, -0.05) is 6.92 Å². The first-order valence-electron chi connectivity index (χ1n) is 2.26. The van der Waals surface area contributed by atoms with E-state index in [4.69, 9.17) is 0 Å². The van der Waals surface area contributed by atoms with Gasteiger partial charge in [0.1, 0.15) is 12.3 Å². The summed E-state index contributed by atoms with van der Waals surface area (Å²) in [5.74, 6) is 0. The van der Waals surface area contributed by atoms with Crippen molar-refractivity contribution in [2.75, 3.05) is 0 Å². The van der Waals surface area contributed by atoms with Crippen LogP contribution in [0.2, 0.25) is 0 Å². The van der Waals surface area contributed by atoms with E-state index in [0.717, 1.165) is 0 Å². The predicted octanol–water partition coefficient (Wildman–Crippen LogP) is 1.91. The summed E-state index contributed by atoms with van der Waals surface area (Å²) in [5, 5.41) is 0. The molecule has 0 spiro atoms. The normalized spacial score (nSPS) is 18.9. The van der Waals surface area contributed by atoms with Gasteiger partial charge < -0.3 is 0 Å². The minimum Gasteiger partial charge on any atom is -0.245 e. The summed E-state index contributed by atoms with van der Waals surface area (Å²) in [6.45, 7) is 4.38. The molecule has 0 N–H and O–H groups in total. The third kappa shape index (κ3) is 2.54. The first-order chi connectivity index (χ1) is 3.18. The van der Waals surface area contributed by atoms with E-state index in [1.54, 1.807) is 0 Å². The number of hydrogen-bond donors (Lipinski definition) is 0. The van der Waals surface area contributed by atoms with Crippen molar-refractivity contribution >= 4 is 0 Å². The van der Waals surface area contributed by atoms with Crippen LogP contribution in [-0.4, -0.2) is 12.3 Å². The molecule has 0 rings (SSSR count). The molecule has 0 aliphatic carbocycles. The zero-order valence-electron chi connectivity index (χ0n) is 4.32. The van der Waals surface area contributed by atoms with Crippen LogP contribution in [0.15, 0.2) is 0 Å². The van der Waals surface area contributed by atoms with Crippen LogP contribution in [0.1, 0.15) is 13.3 Å². The van der Waals surface area contributed by atoms with Crippen LogP contribution < -0.4 is 0 Å². The molecule has 7 heavy (non-hydrogen) atoms. The van der Waals surface area contributed by atoms with Gasteiger partial charge in [-0.05, 0) is 13.3 Å². The van der Waals surface area contributed by atoms with E-state index in [2.05, 4.69) is 6.92 Å². The summed E-state index contributed by atoms with van der Waals surface area (Å²) in [6, 6.07) is 0. The maximum Gasteiger partial charge on any atom is 0.131 e. The maximum absolute atomic E-state index is 11.8. The molecule has 1 unspecified atom stereocenters. The fourth-order valence-electron chi connectivity index (χ4n) is 0.230. The van der Waals surface area contributed by atoms with E-state index >= 15 is 0 Å². The third-order valence-corrected chi connectivity index (χ3v) is 0.774. The molecule has 1 radical (unpaired) electrons. The van der Waals surface area contributed by atoms with Gasteiger partial charge >= 0.3 is 0 Å². The van der Waals surface area contributed by atoms with Crippen LogP contribution >= 0.6 is 0 Å². The predicted molar refractivity (Wildman–Crippen MR) is 25.4 cm³/mol. The van der Waals surface area contributed by atoms with E-state index in [9.17, 15) is 8.78 Å². The monoisotopic (exact) mass is 107 g/mol. The Morgan fingerprint density at radius 1 is 1.57 bits per heavy atom. The summed E-state index contributed by atoms with van der Waals surface area (Å²) in [5.41, 5.74) is 0. The van der Waals surface area contributed by atoms with Crippen LogP contribution in [-0.2, 0) is 0 Å². The molecule has 0 bridgehead atoms. The zero-order chi connectivity index (χ0) is 5.86. The van der Waals surface area contributed by atoms with Gasteiger partial charge in [0.25, 0.3) is 0 Å². The van der Waals surface area contributed by atoms with Crippen molar-refractivity contribution in [1.29, 1.82) is 0 Å². The lowest BCUT2D eigenvalue weighted by molar-refractivity contribution is 0.184. The summed E-state index contributed by atoms with van der Waals surface area (Å²) < 4.78 is 23.5. The van der Waals surface area contributed by atoms with Crippen molar-refractivity contribution in [2.45, 2.75) is 25.7 Å². The zero-order valence-corrected chi connectivity index (χ0v) is 4.32. The molecule has 0 saturated heterocycles. The van der Waals surface area contributed by atoms with Crippen LogP contribution in [0, 0.1) is 6.92 Å². The average molecular weight is 107 g/mol. The van der Waals surface area contributed by atoms with Crippen LogP contribution in [0.4, 0.5) is 8.78 Å². The molecule has 43 valence electrons. The number of halogens is 2. The van der Waals surface area contributed by atoms with Crippen molar-refractivity contribution in [3.63, 3.8) is 0 Å². The Morgan fingerprint density at radius 2 is 2.00 bits per heavy atom. The Balaban J connectivity index is 3.14. The highest BCUT2D eigenvalue weighted by molar-refractivity contribution is 4.62. The Hall–Kier alpha value is -0.140. The molecule has 2 heteroatoms. The van der Waals surface area contributed by atoms with E-state index in [1.807, 2.05) is 0 Å². The standard InChI is InChI=1S/C5H9F2/c1-3-5(7)4(2)6/h4-5H,1,3H2,2H3/t4?,5-/m0/s1. The summed E-state index contributed by atoms with van der Waals surface area (Å²) in [4.78, 5) is 0. The molecule has 0 heterocycles. The molecule has 0 nitrogen and oxygen atoms in total. The molecular formula is C5H9F2. The highest BCUT2D eigenvalue weighted by Crippen LogP contribution is 2.04. The molecule has 2 atom stereocenters. The van der Waals surface area contributed by atoms with Gasteiger partial charge in [0.05, 0.1) is 0 Å². The highest BCUT2D eigenvalue weighted by Gasteiger charge is 2.10. The van der Waals surface area contributed by atoms with Crippen LogP contribution in [0.5, 0.6) is 0 Å². The second-order valence-electron chi connectivity index (χ2n) is 1.48. The molecule has 0 aromatic rings. The fourth-order valence-corrected chi connectivity index (χ4v) is 0.230. The Morgan fingerprint density at radius 3 is 2.00 bits per heavy atom. The van der Waals surface area contributed by atoms with Crippen molar-refractivity contribution in [3.8, 4) is 0 Å². The SMILES string of the molecule is [CH2]C[C@H](F)C(C)F. The van der Waals surface area contributed by atoms with Gasteiger partial charge in [0.15, 0.2) is 0 Å². The average Bonchev–Trinajstić information content (AvgIpc) is 1.65. The minimum absolute atomic E-state index is 0.0255. The molecule has 0 aliphatic heterocycles. The maximum atomic E-state index is 11.8. The lowest BCUT2D eigenvalue weighted by Gasteiger charge is -2.02. The molecule has 0 fully saturated rings. The van der Waals surface area contributed by atoms with Crippen LogP contribution in [0.3, 0.4) is 0 Å². The van der Waals surface area contributed by atoms with Gasteiger partial charge in [-0.25, -0.2) is 8.78 Å². The largest absolute Gasteiger partial charge is 0.245 e. The summed E-state index contributed by atoms with van der Waals surface area (Å²) in [6.07, 6.45) is -2.71. The van der Waals surface area contributed by atoms with E-state index in [0.29, 0.717) is 0 Å². The van der Waals surface area contributed by atoms with Crippen molar-refractivity contribution < 1.29 is 8.78 Å². The van der Waals surface area contributed by atoms with Crippen molar-refractivity contribution in [2.24, 2.45) is 0 Å². The Kier molecular flexibility index (Phi) is 2.88. The van der Waals surface area contributed by atoms with E-state index in [-0.39, 0.29) is 6.42 Å². The molecule has 0 aromatic carbocycles. The van der Waals surface area contributed by atoms with Gasteiger partial charge in [0, 0.05) is 0 Å².